The van der Waals surface area contributed by atoms with Gasteiger partial charge >= 0.3 is 12.1 Å². The first kappa shape index (κ1) is 18.7. The van der Waals surface area contributed by atoms with E-state index in [0.717, 1.165) is 23.9 Å². The van der Waals surface area contributed by atoms with Gasteiger partial charge in [-0.05, 0) is 18.4 Å². The fraction of sp³-hybridized carbons (Fsp3) is 0.333. The molecule has 11 heteroatoms. The maximum absolute atomic E-state index is 12.3. The van der Waals surface area contributed by atoms with Crippen LogP contribution in [0, 0.1) is 10.1 Å². The molecule has 1 rings (SSSR count). The Morgan fingerprint density at radius 3 is 2.48 bits per heavy atom. The Bertz CT molecular complexity index is 636. The smallest absolute Gasteiger partial charge is 0.391 e. The van der Waals surface area contributed by atoms with Crippen molar-refractivity contribution < 1.29 is 32.8 Å². The maximum Gasteiger partial charge on any atom is 0.391 e. The van der Waals surface area contributed by atoms with Crippen molar-refractivity contribution in [2.45, 2.75) is 23.5 Å². The topological polar surface area (TPSA) is 110 Å². The number of nitro benzene ring substituents is 1. The van der Waals surface area contributed by atoms with Crippen LogP contribution in [0.3, 0.4) is 0 Å². The van der Waals surface area contributed by atoms with Crippen LogP contribution in [0.15, 0.2) is 23.1 Å². The van der Waals surface area contributed by atoms with Crippen molar-refractivity contribution in [3.05, 3.63) is 33.9 Å². The molecule has 0 saturated heterocycles. The zero-order valence-corrected chi connectivity index (χ0v) is 12.4. The monoisotopic (exact) mass is 352 g/mol. The molecule has 0 saturated carbocycles. The Balaban J connectivity index is 3.12. The minimum atomic E-state index is -4.82. The molecular formula is C12H11F3N2O5S. The number of benzene rings is 1. The van der Waals surface area contributed by atoms with Gasteiger partial charge in [0.05, 0.1) is 11.3 Å². The van der Waals surface area contributed by atoms with Crippen LogP contribution >= 0.6 is 11.8 Å². The van der Waals surface area contributed by atoms with E-state index in [2.05, 4.69) is 0 Å². The van der Waals surface area contributed by atoms with Gasteiger partial charge in [-0.1, -0.05) is 0 Å². The number of nitrogens with zero attached hydrogens (tertiary/aromatic N) is 1. The number of nitro groups is 1. The van der Waals surface area contributed by atoms with Crippen LogP contribution in [0.25, 0.3) is 0 Å². The summed E-state index contributed by atoms with van der Waals surface area (Å²) in [5, 5.41) is 21.3. The number of hydrogen-bond acceptors (Lipinski definition) is 5. The molecule has 1 aromatic carbocycles. The maximum atomic E-state index is 12.3. The van der Waals surface area contributed by atoms with Crippen molar-refractivity contribution in [2.75, 3.05) is 6.26 Å². The van der Waals surface area contributed by atoms with Crippen LogP contribution in [-0.4, -0.2) is 40.4 Å². The summed E-state index contributed by atoms with van der Waals surface area (Å²) >= 11 is 1.16. The Morgan fingerprint density at radius 1 is 1.43 bits per heavy atom. The van der Waals surface area contributed by atoms with Gasteiger partial charge in [0.15, 0.2) is 0 Å². The molecule has 2 N–H and O–H groups in total. The third-order valence-corrected chi connectivity index (χ3v) is 3.41. The van der Waals surface area contributed by atoms with Crippen LogP contribution in [0.1, 0.15) is 16.8 Å². The van der Waals surface area contributed by atoms with Crippen molar-refractivity contribution in [1.82, 2.24) is 5.32 Å². The van der Waals surface area contributed by atoms with Gasteiger partial charge in [0.1, 0.15) is 11.6 Å². The Hall–Kier alpha value is -2.30. The molecule has 0 bridgehead atoms. The first-order valence-electron chi connectivity index (χ1n) is 5.98. The third-order valence-electron chi connectivity index (χ3n) is 2.68. The summed E-state index contributed by atoms with van der Waals surface area (Å²) in [7, 11) is 0. The lowest BCUT2D eigenvalue weighted by Gasteiger charge is -2.16. The van der Waals surface area contributed by atoms with Crippen molar-refractivity contribution in [3.8, 4) is 0 Å². The highest BCUT2D eigenvalue weighted by Crippen LogP contribution is 2.26. The van der Waals surface area contributed by atoms with E-state index in [1.165, 1.54) is 6.07 Å². The van der Waals surface area contributed by atoms with Gasteiger partial charge < -0.3 is 10.4 Å². The Kier molecular flexibility index (Phi) is 5.96. The zero-order chi connectivity index (χ0) is 17.8. The van der Waals surface area contributed by atoms with Gasteiger partial charge in [-0.25, -0.2) is 4.79 Å². The van der Waals surface area contributed by atoms with Crippen molar-refractivity contribution in [2.24, 2.45) is 0 Å². The second-order valence-corrected chi connectivity index (χ2v) is 5.20. The highest BCUT2D eigenvalue weighted by molar-refractivity contribution is 7.98. The normalized spacial score (nSPS) is 12.5. The van der Waals surface area contributed by atoms with Crippen LogP contribution < -0.4 is 5.32 Å². The molecule has 0 aliphatic rings. The van der Waals surface area contributed by atoms with E-state index >= 15 is 0 Å². The summed E-state index contributed by atoms with van der Waals surface area (Å²) in [6.07, 6.45) is -4.97. The number of nitrogens with one attached hydrogen (secondary N) is 1. The summed E-state index contributed by atoms with van der Waals surface area (Å²) in [5.41, 5.74) is -1.13. The lowest BCUT2D eigenvalue weighted by molar-refractivity contribution is -0.385. The molecule has 1 amide bonds. The SMILES string of the molecule is CSc1ccc([N+](=O)[O-])c(C(=O)NC(CC(F)(F)F)C(=O)O)c1. The van der Waals surface area contributed by atoms with Gasteiger partial charge in [0.2, 0.25) is 0 Å². The number of amides is 1. The fourth-order valence-electron chi connectivity index (χ4n) is 1.65. The molecule has 0 aromatic heterocycles. The van der Waals surface area contributed by atoms with Crippen LogP contribution in [0.5, 0.6) is 0 Å². The number of hydrogen-bond donors (Lipinski definition) is 2. The van der Waals surface area contributed by atoms with E-state index < -0.39 is 46.7 Å². The summed E-state index contributed by atoms with van der Waals surface area (Å²) < 4.78 is 37.0. The van der Waals surface area contributed by atoms with Gasteiger partial charge in [-0.15, -0.1) is 11.8 Å². The summed E-state index contributed by atoms with van der Waals surface area (Å²) in [4.78, 5) is 33.3. The second-order valence-electron chi connectivity index (χ2n) is 4.32. The molecule has 1 atom stereocenters. The van der Waals surface area contributed by atoms with Gasteiger partial charge in [0, 0.05) is 11.0 Å². The summed E-state index contributed by atoms with van der Waals surface area (Å²) in [6.45, 7) is 0. The fourth-order valence-corrected chi connectivity index (χ4v) is 2.09. The van der Waals surface area contributed by atoms with Crippen LogP contribution in [-0.2, 0) is 4.79 Å². The minimum absolute atomic E-state index is 0.462. The molecule has 1 aromatic rings. The predicted octanol–water partition coefficient (Wildman–Crippen LogP) is 2.45. The molecule has 0 heterocycles. The molecule has 0 aliphatic heterocycles. The van der Waals surface area contributed by atoms with Crippen LogP contribution in [0.4, 0.5) is 18.9 Å². The van der Waals surface area contributed by atoms with Crippen molar-refractivity contribution in [1.29, 1.82) is 0 Å². The van der Waals surface area contributed by atoms with E-state index in [1.807, 2.05) is 0 Å². The number of alkyl halides is 3. The molecule has 23 heavy (non-hydrogen) atoms. The molecular weight excluding hydrogens is 341 g/mol. The number of thioether (sulfide) groups is 1. The van der Waals surface area contributed by atoms with Gasteiger partial charge in [-0.2, -0.15) is 13.2 Å². The number of aliphatic carboxylic acids is 1. The number of halogens is 3. The largest absolute Gasteiger partial charge is 0.480 e. The van der Waals surface area contributed by atoms with E-state index in [0.29, 0.717) is 4.90 Å². The molecule has 126 valence electrons. The molecule has 0 spiro atoms. The van der Waals surface area contributed by atoms with Crippen LogP contribution in [0.2, 0.25) is 0 Å². The predicted molar refractivity (Wildman–Crippen MR) is 74.4 cm³/mol. The lowest BCUT2D eigenvalue weighted by atomic mass is 10.1. The quantitative estimate of drug-likeness (QED) is 0.462. The highest BCUT2D eigenvalue weighted by atomic mass is 32.2. The van der Waals surface area contributed by atoms with Crippen molar-refractivity contribution in [3.63, 3.8) is 0 Å². The number of carbonyl (C=O) groups excluding carboxylic acids is 1. The summed E-state index contributed by atoms with van der Waals surface area (Å²) in [6, 6.07) is 1.27. The standard InChI is InChI=1S/C12H11F3N2O5S/c1-23-6-2-3-9(17(21)22)7(4-6)10(18)16-8(11(19)20)5-12(13,14)15/h2-4,8H,5H2,1H3,(H,16,18)(H,19,20). The highest BCUT2D eigenvalue weighted by Gasteiger charge is 2.37. The number of carboxylic acid groups (broad SMARTS) is 1. The van der Waals surface area contributed by atoms with E-state index in [4.69, 9.17) is 5.11 Å². The summed E-state index contributed by atoms with van der Waals surface area (Å²) in [5.74, 6) is -3.15. The second kappa shape index (κ2) is 7.31. The number of rotatable bonds is 6. The first-order valence-corrected chi connectivity index (χ1v) is 7.20. The third kappa shape index (κ3) is 5.43. The average Bonchev–Trinajstić information content (AvgIpc) is 2.44. The minimum Gasteiger partial charge on any atom is -0.480 e. The molecule has 1 unspecified atom stereocenters. The zero-order valence-electron chi connectivity index (χ0n) is 11.6. The number of carbonyl (C=O) groups is 2. The Labute approximate surface area is 132 Å². The Morgan fingerprint density at radius 2 is 2.04 bits per heavy atom. The molecule has 0 fully saturated rings. The van der Waals surface area contributed by atoms with E-state index in [-0.39, 0.29) is 0 Å². The first-order chi connectivity index (χ1) is 10.5. The van der Waals surface area contributed by atoms with Crippen molar-refractivity contribution >= 4 is 29.3 Å². The number of carboxylic acids is 1. The van der Waals surface area contributed by atoms with Gasteiger partial charge in [-0.3, -0.25) is 14.9 Å². The van der Waals surface area contributed by atoms with E-state index in [9.17, 15) is 32.9 Å². The van der Waals surface area contributed by atoms with E-state index in [1.54, 1.807) is 11.6 Å². The van der Waals surface area contributed by atoms with Gasteiger partial charge in [0.25, 0.3) is 11.6 Å². The molecule has 0 radical (unpaired) electrons. The molecule has 0 aliphatic carbocycles. The molecule has 7 nitrogen and oxygen atoms in total. The lowest BCUT2D eigenvalue weighted by Crippen LogP contribution is -2.43. The average molecular weight is 352 g/mol.